The Morgan fingerprint density at radius 1 is 1.03 bits per heavy atom. The number of benzene rings is 1. The molecule has 0 aliphatic heterocycles. The quantitative estimate of drug-likeness (QED) is 0.494. The van der Waals surface area contributed by atoms with Crippen LogP contribution < -0.4 is 5.43 Å². The highest BCUT2D eigenvalue weighted by atomic mass is 16.6. The number of hydrogen-bond donors (Lipinski definition) is 1. The van der Waals surface area contributed by atoms with Crippen LogP contribution in [0.5, 0.6) is 0 Å². The first-order chi connectivity index (χ1) is 15.2. The summed E-state index contributed by atoms with van der Waals surface area (Å²) in [5.74, 6) is -0.382. The van der Waals surface area contributed by atoms with Crippen LogP contribution in [0.4, 0.5) is 0 Å². The van der Waals surface area contributed by atoms with Crippen LogP contribution in [0.25, 0.3) is 0 Å². The van der Waals surface area contributed by atoms with Crippen molar-refractivity contribution in [3.05, 3.63) is 47.5 Å². The minimum Gasteiger partial charge on any atom is -0.386 e. The van der Waals surface area contributed by atoms with Gasteiger partial charge in [-0.25, -0.2) is 15.1 Å². The monoisotopic (exact) mass is 454 g/mol. The lowest BCUT2D eigenvalue weighted by atomic mass is 9.80. The summed E-state index contributed by atoms with van der Waals surface area (Å²) in [4.78, 5) is 21.4. The van der Waals surface area contributed by atoms with E-state index >= 15 is 0 Å². The Balaban J connectivity index is 2.02. The summed E-state index contributed by atoms with van der Waals surface area (Å²) in [6.45, 7) is 19.4. The molecule has 0 fully saturated rings. The molecule has 0 atom stereocenters. The molecule has 0 radical (unpaired) electrons. The molecule has 1 aromatic heterocycles. The number of hydrogen-bond acceptors (Lipinski definition) is 6. The largest absolute Gasteiger partial charge is 0.386 e. The van der Waals surface area contributed by atoms with Crippen LogP contribution in [0.1, 0.15) is 79.0 Å². The van der Waals surface area contributed by atoms with Gasteiger partial charge >= 0.3 is 0 Å². The molecule has 1 aromatic carbocycles. The van der Waals surface area contributed by atoms with E-state index in [9.17, 15) is 4.79 Å². The van der Waals surface area contributed by atoms with E-state index in [4.69, 9.17) is 4.84 Å². The Hall–Kier alpha value is -3.03. The number of nitrogens with zero attached hydrogens (tertiary/aromatic N) is 5. The predicted octanol–water partition coefficient (Wildman–Crippen LogP) is 4.44. The number of carbonyl (C=O) groups excluding carboxylic acids is 1. The first kappa shape index (κ1) is 26.2. The molecule has 1 heterocycles. The third-order valence-corrected chi connectivity index (χ3v) is 5.10. The Morgan fingerprint density at radius 2 is 1.64 bits per heavy atom. The van der Waals surface area contributed by atoms with Gasteiger partial charge in [0, 0.05) is 5.41 Å². The summed E-state index contributed by atoms with van der Waals surface area (Å²) in [7, 11) is 0. The van der Waals surface area contributed by atoms with E-state index in [1.165, 1.54) is 17.5 Å². The fraction of sp³-hybridized carbons (Fsp3) is 0.560. The molecular formula is C25H38N6O2. The summed E-state index contributed by atoms with van der Waals surface area (Å²) in [5, 5.41) is 12.4. The molecule has 2 aromatic rings. The molecule has 33 heavy (non-hydrogen) atoms. The van der Waals surface area contributed by atoms with E-state index < -0.39 is 0 Å². The van der Waals surface area contributed by atoms with E-state index in [2.05, 4.69) is 85.5 Å². The van der Waals surface area contributed by atoms with Gasteiger partial charge in [0.15, 0.2) is 6.61 Å². The van der Waals surface area contributed by atoms with Crippen LogP contribution in [0, 0.1) is 5.41 Å². The molecule has 1 N–H and O–H groups in total. The van der Waals surface area contributed by atoms with Gasteiger partial charge in [-0.3, -0.25) is 4.79 Å². The van der Waals surface area contributed by atoms with Crippen molar-refractivity contribution in [2.75, 3.05) is 6.61 Å². The molecule has 0 spiro atoms. The van der Waals surface area contributed by atoms with Gasteiger partial charge in [0.05, 0.1) is 18.5 Å². The summed E-state index contributed by atoms with van der Waals surface area (Å²) < 4.78 is 1.66. The first-order valence-electron chi connectivity index (χ1n) is 11.2. The molecule has 0 saturated heterocycles. The van der Waals surface area contributed by atoms with Crippen molar-refractivity contribution in [3.8, 4) is 0 Å². The lowest BCUT2D eigenvalue weighted by Crippen LogP contribution is -2.27. The second-order valence-electron chi connectivity index (χ2n) is 11.3. The third kappa shape index (κ3) is 8.44. The normalized spacial score (nSPS) is 13.4. The van der Waals surface area contributed by atoms with Crippen LogP contribution in [-0.4, -0.2) is 39.2 Å². The summed E-state index contributed by atoms with van der Waals surface area (Å²) in [6, 6.07) is 6.45. The minimum absolute atomic E-state index is 0.00986. The Kier molecular flexibility index (Phi) is 8.16. The van der Waals surface area contributed by atoms with Crippen LogP contribution in [0.3, 0.4) is 0 Å². The number of rotatable bonds is 7. The second kappa shape index (κ2) is 10.3. The number of nitrogens with one attached hydrogen (secondary N) is 1. The summed E-state index contributed by atoms with van der Waals surface area (Å²) in [5.41, 5.74) is 6.42. The van der Waals surface area contributed by atoms with E-state index in [-0.39, 0.29) is 28.8 Å². The average Bonchev–Trinajstić information content (AvgIpc) is 3.18. The maximum Gasteiger partial charge on any atom is 0.280 e. The Morgan fingerprint density at radius 3 is 2.12 bits per heavy atom. The van der Waals surface area contributed by atoms with Crippen molar-refractivity contribution < 1.29 is 9.63 Å². The first-order valence-corrected chi connectivity index (χ1v) is 11.2. The average molecular weight is 455 g/mol. The fourth-order valence-electron chi connectivity index (χ4n) is 2.84. The highest BCUT2D eigenvalue weighted by molar-refractivity contribution is 5.88. The molecule has 0 bridgehead atoms. The smallest absolute Gasteiger partial charge is 0.280 e. The number of carbonyl (C=O) groups is 1. The van der Waals surface area contributed by atoms with E-state index in [1.54, 1.807) is 17.2 Å². The summed E-state index contributed by atoms with van der Waals surface area (Å²) >= 11 is 0. The molecule has 0 saturated carbocycles. The Bertz CT molecular complexity index is 955. The van der Waals surface area contributed by atoms with Crippen LogP contribution in [0.2, 0.25) is 0 Å². The SMILES string of the molecule is CC(C)(C)/C(Cn1cncn1)=N/OCC(=O)N/N=C/c1cc(C(C)(C)C)cc(C(C)(C)C)c1. The molecule has 0 aliphatic rings. The van der Waals surface area contributed by atoms with Gasteiger partial charge in [0.1, 0.15) is 12.7 Å². The highest BCUT2D eigenvalue weighted by Gasteiger charge is 2.21. The highest BCUT2D eigenvalue weighted by Crippen LogP contribution is 2.29. The number of oxime groups is 1. The van der Waals surface area contributed by atoms with Gasteiger partial charge in [-0.15, -0.1) is 0 Å². The van der Waals surface area contributed by atoms with Gasteiger partial charge in [-0.1, -0.05) is 73.5 Å². The van der Waals surface area contributed by atoms with E-state index in [0.717, 1.165) is 11.3 Å². The van der Waals surface area contributed by atoms with Crippen molar-refractivity contribution in [2.45, 2.75) is 79.7 Å². The van der Waals surface area contributed by atoms with E-state index in [0.29, 0.717) is 6.54 Å². The third-order valence-electron chi connectivity index (χ3n) is 5.10. The lowest BCUT2D eigenvalue weighted by Gasteiger charge is -2.25. The molecule has 1 amide bonds. The lowest BCUT2D eigenvalue weighted by molar-refractivity contribution is -0.125. The zero-order valence-corrected chi connectivity index (χ0v) is 21.4. The molecule has 0 unspecified atom stereocenters. The maximum atomic E-state index is 12.2. The van der Waals surface area contributed by atoms with Crippen molar-refractivity contribution in [2.24, 2.45) is 15.7 Å². The van der Waals surface area contributed by atoms with Gasteiger partial charge in [-0.05, 0) is 39.7 Å². The van der Waals surface area contributed by atoms with E-state index in [1.807, 2.05) is 20.8 Å². The van der Waals surface area contributed by atoms with Crippen molar-refractivity contribution in [1.82, 2.24) is 20.2 Å². The molecule has 8 nitrogen and oxygen atoms in total. The van der Waals surface area contributed by atoms with Gasteiger partial charge in [0.2, 0.25) is 0 Å². The molecular weight excluding hydrogens is 416 g/mol. The number of hydrazone groups is 1. The molecule has 0 aliphatic carbocycles. The summed E-state index contributed by atoms with van der Waals surface area (Å²) in [6.07, 6.45) is 4.74. The maximum absolute atomic E-state index is 12.2. The van der Waals surface area contributed by atoms with Gasteiger partial charge in [0.25, 0.3) is 5.91 Å². The zero-order valence-electron chi connectivity index (χ0n) is 21.4. The number of aromatic nitrogens is 3. The standard InChI is InChI=1S/C25H38N6O2/c1-23(2,3)19-10-18(11-20(12-19)24(4,5)6)13-27-29-22(32)15-33-30-21(25(7,8)9)14-31-17-26-16-28-31/h10-13,16-17H,14-15H2,1-9H3,(H,29,32)/b27-13+,30-21+. The van der Waals surface area contributed by atoms with Crippen LogP contribution >= 0.6 is 0 Å². The van der Waals surface area contributed by atoms with Gasteiger partial charge in [-0.2, -0.15) is 10.2 Å². The van der Waals surface area contributed by atoms with Crippen LogP contribution in [0.15, 0.2) is 41.1 Å². The van der Waals surface area contributed by atoms with Crippen LogP contribution in [-0.2, 0) is 27.0 Å². The van der Waals surface area contributed by atoms with Crippen molar-refractivity contribution >= 4 is 17.8 Å². The Labute approximate surface area is 197 Å². The zero-order chi connectivity index (χ0) is 24.9. The van der Waals surface area contributed by atoms with Gasteiger partial charge < -0.3 is 4.84 Å². The molecule has 180 valence electrons. The number of amides is 1. The predicted molar refractivity (Wildman–Crippen MR) is 132 cm³/mol. The van der Waals surface area contributed by atoms with Crippen molar-refractivity contribution in [3.63, 3.8) is 0 Å². The molecule has 2 rings (SSSR count). The minimum atomic E-state index is -0.382. The second-order valence-corrected chi connectivity index (χ2v) is 11.3. The molecule has 8 heteroatoms. The fourth-order valence-corrected chi connectivity index (χ4v) is 2.84. The van der Waals surface area contributed by atoms with Crippen molar-refractivity contribution in [1.29, 1.82) is 0 Å². The topological polar surface area (TPSA) is 93.8 Å².